The number of fused-ring (bicyclic) bond motifs is 1. The fourth-order valence-corrected chi connectivity index (χ4v) is 4.36. The van der Waals surface area contributed by atoms with Gasteiger partial charge in [-0.15, -0.1) is 0 Å². The third-order valence-electron chi connectivity index (χ3n) is 6.35. The summed E-state index contributed by atoms with van der Waals surface area (Å²) in [6.07, 6.45) is 8.02. The maximum absolute atomic E-state index is 12.9. The van der Waals surface area contributed by atoms with Gasteiger partial charge in [0.15, 0.2) is 5.69 Å². The summed E-state index contributed by atoms with van der Waals surface area (Å²) in [6, 6.07) is 11.9. The predicted molar refractivity (Wildman–Crippen MR) is 130 cm³/mol. The topological polar surface area (TPSA) is 86.8 Å². The van der Waals surface area contributed by atoms with Gasteiger partial charge in [0.05, 0.1) is 5.52 Å². The average Bonchev–Trinajstić information content (AvgIpc) is 3.24. The molecule has 7 heteroatoms. The molecule has 33 heavy (non-hydrogen) atoms. The molecular weight excluding hydrogens is 412 g/mol. The molecule has 7 nitrogen and oxygen atoms in total. The number of aryl methyl sites for hydroxylation is 1. The van der Waals surface area contributed by atoms with Crippen LogP contribution in [0, 0.1) is 12.8 Å². The van der Waals surface area contributed by atoms with Crippen LogP contribution in [-0.4, -0.2) is 44.1 Å². The Balaban J connectivity index is 1.39. The van der Waals surface area contributed by atoms with Crippen molar-refractivity contribution in [2.24, 2.45) is 5.92 Å². The van der Waals surface area contributed by atoms with Crippen molar-refractivity contribution in [3.05, 3.63) is 71.8 Å². The third kappa shape index (κ3) is 4.78. The molecule has 0 saturated carbocycles. The smallest absolute Gasteiger partial charge is 0.277 e. The molecular formula is C26H28N6O. The van der Waals surface area contributed by atoms with Crippen LogP contribution in [0.2, 0.25) is 0 Å². The largest absolute Gasteiger partial charge is 0.305 e. The number of hydrogen-bond donors (Lipinski definition) is 2. The van der Waals surface area contributed by atoms with Gasteiger partial charge in [-0.3, -0.25) is 19.8 Å². The first-order chi connectivity index (χ1) is 16.0. The summed E-state index contributed by atoms with van der Waals surface area (Å²) >= 11 is 0. The molecule has 1 aliphatic rings. The zero-order chi connectivity index (χ0) is 22.8. The molecule has 0 unspecified atom stereocenters. The molecule has 1 amide bonds. The SMILES string of the molecule is Cc1ccnc(NC(=O)c2n[nH]c3ccc(-c4cncc(CN5CCC(C)CC5)c4)cc23)c1. The first kappa shape index (κ1) is 21.3. The van der Waals surface area contributed by atoms with E-state index in [1.807, 2.05) is 49.6 Å². The number of anilines is 1. The molecule has 4 aromatic rings. The van der Waals surface area contributed by atoms with Crippen LogP contribution in [0.25, 0.3) is 22.0 Å². The van der Waals surface area contributed by atoms with E-state index < -0.39 is 0 Å². The van der Waals surface area contributed by atoms with Crippen molar-refractivity contribution >= 4 is 22.6 Å². The van der Waals surface area contributed by atoms with Gasteiger partial charge in [0.2, 0.25) is 0 Å². The Labute approximate surface area is 193 Å². The number of carbonyl (C=O) groups is 1. The van der Waals surface area contributed by atoms with E-state index in [0.717, 1.165) is 53.1 Å². The maximum atomic E-state index is 12.9. The fraction of sp³-hybridized carbons (Fsp3) is 0.308. The van der Waals surface area contributed by atoms with Gasteiger partial charge in [-0.25, -0.2) is 4.98 Å². The number of H-pyrrole nitrogens is 1. The molecule has 4 heterocycles. The minimum absolute atomic E-state index is 0.289. The van der Waals surface area contributed by atoms with Gasteiger partial charge in [0, 0.05) is 36.1 Å². The maximum Gasteiger partial charge on any atom is 0.277 e. The molecule has 0 radical (unpaired) electrons. The number of aromatic nitrogens is 4. The van der Waals surface area contributed by atoms with Crippen molar-refractivity contribution < 1.29 is 4.79 Å². The van der Waals surface area contributed by atoms with Crippen molar-refractivity contribution in [3.63, 3.8) is 0 Å². The minimum Gasteiger partial charge on any atom is -0.305 e. The number of pyridine rings is 2. The number of amides is 1. The highest BCUT2D eigenvalue weighted by atomic mass is 16.2. The summed E-state index contributed by atoms with van der Waals surface area (Å²) in [5.74, 6) is 1.04. The van der Waals surface area contributed by atoms with Gasteiger partial charge in [-0.2, -0.15) is 5.10 Å². The molecule has 0 aliphatic carbocycles. The van der Waals surface area contributed by atoms with Gasteiger partial charge in [0.1, 0.15) is 5.82 Å². The van der Waals surface area contributed by atoms with Crippen LogP contribution in [0.1, 0.15) is 41.4 Å². The molecule has 1 saturated heterocycles. The second-order valence-corrected chi connectivity index (χ2v) is 9.05. The summed E-state index contributed by atoms with van der Waals surface area (Å²) in [5.41, 5.74) is 5.44. The minimum atomic E-state index is -0.289. The van der Waals surface area contributed by atoms with E-state index in [4.69, 9.17) is 0 Å². The van der Waals surface area contributed by atoms with Gasteiger partial charge in [-0.05, 0) is 85.8 Å². The van der Waals surface area contributed by atoms with E-state index in [1.54, 1.807) is 6.20 Å². The molecule has 0 atom stereocenters. The van der Waals surface area contributed by atoms with Gasteiger partial charge < -0.3 is 5.32 Å². The van der Waals surface area contributed by atoms with Crippen molar-refractivity contribution in [1.82, 2.24) is 25.1 Å². The van der Waals surface area contributed by atoms with Crippen LogP contribution in [0.3, 0.4) is 0 Å². The van der Waals surface area contributed by atoms with Crippen molar-refractivity contribution in [2.45, 2.75) is 33.2 Å². The molecule has 2 N–H and O–H groups in total. The van der Waals surface area contributed by atoms with Crippen LogP contribution in [0.4, 0.5) is 5.82 Å². The van der Waals surface area contributed by atoms with E-state index in [0.29, 0.717) is 11.5 Å². The highest BCUT2D eigenvalue weighted by Crippen LogP contribution is 2.27. The fourth-order valence-electron chi connectivity index (χ4n) is 4.36. The highest BCUT2D eigenvalue weighted by Gasteiger charge is 2.17. The van der Waals surface area contributed by atoms with E-state index >= 15 is 0 Å². The van der Waals surface area contributed by atoms with E-state index in [1.165, 1.54) is 18.4 Å². The Bertz CT molecular complexity index is 1290. The zero-order valence-electron chi connectivity index (χ0n) is 19.0. The number of rotatable bonds is 5. The van der Waals surface area contributed by atoms with Crippen LogP contribution >= 0.6 is 0 Å². The lowest BCUT2D eigenvalue weighted by Gasteiger charge is -2.30. The van der Waals surface area contributed by atoms with E-state index in [9.17, 15) is 4.79 Å². The highest BCUT2D eigenvalue weighted by molar-refractivity contribution is 6.11. The Kier molecular flexibility index (Phi) is 5.88. The normalized spacial score (nSPS) is 15.1. The lowest BCUT2D eigenvalue weighted by atomic mass is 9.98. The number of likely N-dealkylation sites (tertiary alicyclic amines) is 1. The Morgan fingerprint density at radius 1 is 1.12 bits per heavy atom. The Hall–Kier alpha value is -3.58. The number of benzene rings is 1. The molecule has 0 bridgehead atoms. The van der Waals surface area contributed by atoms with Crippen molar-refractivity contribution in [2.75, 3.05) is 18.4 Å². The lowest BCUT2D eigenvalue weighted by Crippen LogP contribution is -2.32. The summed E-state index contributed by atoms with van der Waals surface area (Å²) < 4.78 is 0. The lowest BCUT2D eigenvalue weighted by molar-refractivity contribution is 0.102. The monoisotopic (exact) mass is 440 g/mol. The summed E-state index contributed by atoms with van der Waals surface area (Å²) in [7, 11) is 0. The first-order valence-electron chi connectivity index (χ1n) is 11.4. The zero-order valence-corrected chi connectivity index (χ0v) is 19.0. The van der Waals surface area contributed by atoms with Crippen molar-refractivity contribution in [1.29, 1.82) is 0 Å². The molecule has 1 aliphatic heterocycles. The number of nitrogens with zero attached hydrogens (tertiary/aromatic N) is 4. The Morgan fingerprint density at radius 3 is 2.79 bits per heavy atom. The summed E-state index contributed by atoms with van der Waals surface area (Å²) in [6.45, 7) is 7.49. The molecule has 5 rings (SSSR count). The Morgan fingerprint density at radius 2 is 1.97 bits per heavy atom. The summed E-state index contributed by atoms with van der Waals surface area (Å²) in [4.78, 5) is 24.1. The van der Waals surface area contributed by atoms with Gasteiger partial charge in [0.25, 0.3) is 5.91 Å². The molecule has 1 fully saturated rings. The molecule has 3 aromatic heterocycles. The second kappa shape index (κ2) is 9.11. The number of nitrogens with one attached hydrogen (secondary N) is 2. The predicted octanol–water partition coefficient (Wildman–Crippen LogP) is 4.81. The summed E-state index contributed by atoms with van der Waals surface area (Å²) in [5, 5.41) is 10.8. The first-order valence-corrected chi connectivity index (χ1v) is 11.4. The quantitative estimate of drug-likeness (QED) is 0.465. The molecule has 168 valence electrons. The van der Waals surface area contributed by atoms with E-state index in [-0.39, 0.29) is 5.91 Å². The number of carbonyl (C=O) groups excluding carboxylic acids is 1. The van der Waals surface area contributed by atoms with Crippen molar-refractivity contribution in [3.8, 4) is 11.1 Å². The average molecular weight is 441 g/mol. The van der Waals surface area contributed by atoms with Crippen LogP contribution in [0.5, 0.6) is 0 Å². The van der Waals surface area contributed by atoms with E-state index in [2.05, 4.69) is 43.4 Å². The second-order valence-electron chi connectivity index (χ2n) is 9.05. The number of aromatic amines is 1. The van der Waals surface area contributed by atoms with Gasteiger partial charge >= 0.3 is 0 Å². The standard InChI is InChI=1S/C26H28N6O/c1-17-6-9-32(10-7-17)16-19-12-21(15-27-14-19)20-3-4-23-22(13-20)25(31-30-23)26(33)29-24-11-18(2)5-8-28-24/h3-5,8,11-15,17H,6-7,9-10,16H2,1-2H3,(H,30,31)(H,28,29,33). The number of piperidine rings is 1. The number of hydrogen-bond acceptors (Lipinski definition) is 5. The van der Waals surface area contributed by atoms with Crippen LogP contribution in [0.15, 0.2) is 55.0 Å². The molecule has 0 spiro atoms. The van der Waals surface area contributed by atoms with Gasteiger partial charge in [-0.1, -0.05) is 13.0 Å². The van der Waals surface area contributed by atoms with Crippen LogP contribution in [-0.2, 0) is 6.54 Å². The molecule has 1 aromatic carbocycles. The van der Waals surface area contributed by atoms with Crippen LogP contribution < -0.4 is 5.32 Å². The third-order valence-corrected chi connectivity index (χ3v) is 6.35.